The van der Waals surface area contributed by atoms with Gasteiger partial charge in [0.25, 0.3) is 0 Å². The molecule has 25 heavy (non-hydrogen) atoms. The van der Waals surface area contributed by atoms with Gasteiger partial charge in [-0.3, -0.25) is 9.88 Å². The maximum absolute atomic E-state index is 6.12. The van der Waals surface area contributed by atoms with E-state index in [0.29, 0.717) is 6.61 Å². The normalized spacial score (nSPS) is 22.9. The van der Waals surface area contributed by atoms with Crippen LogP contribution >= 0.6 is 0 Å². The van der Waals surface area contributed by atoms with Gasteiger partial charge in [-0.25, -0.2) is 0 Å². The third-order valence-corrected chi connectivity index (χ3v) is 5.23. The molecule has 6 nitrogen and oxygen atoms in total. The molecule has 0 bridgehead atoms. The molecule has 0 radical (unpaired) electrons. The summed E-state index contributed by atoms with van der Waals surface area (Å²) >= 11 is 0. The number of aromatic nitrogens is 2. The van der Waals surface area contributed by atoms with Gasteiger partial charge in [0.2, 0.25) is 0 Å². The van der Waals surface area contributed by atoms with E-state index in [1.54, 1.807) is 0 Å². The van der Waals surface area contributed by atoms with E-state index in [9.17, 15) is 0 Å². The minimum absolute atomic E-state index is 0.0496. The summed E-state index contributed by atoms with van der Waals surface area (Å²) in [7, 11) is 0. The summed E-state index contributed by atoms with van der Waals surface area (Å²) in [6, 6.07) is 5.92. The molecule has 2 aromatic heterocycles. The van der Waals surface area contributed by atoms with Gasteiger partial charge in [0.15, 0.2) is 0 Å². The number of aryl methyl sites for hydroxylation is 2. The van der Waals surface area contributed by atoms with Crippen molar-refractivity contribution in [2.45, 2.75) is 51.5 Å². The molecule has 4 heterocycles. The highest BCUT2D eigenvalue weighted by atomic mass is 16.5. The summed E-state index contributed by atoms with van der Waals surface area (Å²) in [5, 5.41) is 4.04. The van der Waals surface area contributed by atoms with Gasteiger partial charge in [-0.05, 0) is 32.4 Å². The molecule has 2 aliphatic heterocycles. The second-order valence-corrected chi connectivity index (χ2v) is 7.23. The molecule has 2 aromatic rings. The highest BCUT2D eigenvalue weighted by Crippen LogP contribution is 2.36. The molecule has 1 atom stereocenters. The fourth-order valence-corrected chi connectivity index (χ4v) is 3.86. The second-order valence-electron chi connectivity index (χ2n) is 7.23. The first-order valence-electron chi connectivity index (χ1n) is 8.93. The summed E-state index contributed by atoms with van der Waals surface area (Å²) in [4.78, 5) is 6.72. The highest BCUT2D eigenvalue weighted by Gasteiger charge is 2.47. The van der Waals surface area contributed by atoms with Crippen molar-refractivity contribution in [2.75, 3.05) is 19.7 Å². The van der Waals surface area contributed by atoms with Crippen molar-refractivity contribution in [3.05, 3.63) is 47.1 Å². The standard InChI is InChI=1S/C19H25N3O3/c1-14-18(15(2)25-21-14)10-22-12-19(13-22)9-17(6-8-24-19)23-11-16-5-3-4-7-20-16/h3-5,7,17H,6,8-13H2,1-2H3. The van der Waals surface area contributed by atoms with Gasteiger partial charge in [0, 0.05) is 44.4 Å². The molecule has 2 saturated heterocycles. The van der Waals surface area contributed by atoms with Crippen molar-refractivity contribution >= 4 is 0 Å². The first-order chi connectivity index (χ1) is 12.1. The molecular formula is C19H25N3O3. The molecule has 6 heteroatoms. The second kappa shape index (κ2) is 6.86. The van der Waals surface area contributed by atoms with Gasteiger partial charge in [0.05, 0.1) is 29.7 Å². The Morgan fingerprint density at radius 2 is 2.20 bits per heavy atom. The molecular weight excluding hydrogens is 318 g/mol. The lowest BCUT2D eigenvalue weighted by atomic mass is 9.84. The Balaban J connectivity index is 1.29. The van der Waals surface area contributed by atoms with Crippen LogP contribution in [-0.2, 0) is 22.6 Å². The van der Waals surface area contributed by atoms with Crippen LogP contribution in [0.25, 0.3) is 0 Å². The summed E-state index contributed by atoms with van der Waals surface area (Å²) in [5.74, 6) is 0.916. The summed E-state index contributed by atoms with van der Waals surface area (Å²) < 4.78 is 17.5. The average molecular weight is 343 g/mol. The summed E-state index contributed by atoms with van der Waals surface area (Å²) in [5.41, 5.74) is 3.12. The van der Waals surface area contributed by atoms with Crippen LogP contribution in [-0.4, -0.2) is 46.4 Å². The van der Waals surface area contributed by atoms with Crippen molar-refractivity contribution in [1.82, 2.24) is 15.0 Å². The molecule has 2 fully saturated rings. The van der Waals surface area contributed by atoms with Gasteiger partial charge in [-0.2, -0.15) is 0 Å². The quantitative estimate of drug-likeness (QED) is 0.832. The number of rotatable bonds is 5. The Morgan fingerprint density at radius 3 is 2.92 bits per heavy atom. The van der Waals surface area contributed by atoms with Gasteiger partial charge < -0.3 is 14.0 Å². The van der Waals surface area contributed by atoms with Gasteiger partial charge in [0.1, 0.15) is 5.76 Å². The van der Waals surface area contributed by atoms with E-state index in [1.165, 1.54) is 5.56 Å². The number of ether oxygens (including phenoxy) is 2. The maximum Gasteiger partial charge on any atom is 0.138 e. The predicted octanol–water partition coefficient (Wildman–Crippen LogP) is 2.64. The molecule has 0 aliphatic carbocycles. The van der Waals surface area contributed by atoms with Crippen LogP contribution in [0.5, 0.6) is 0 Å². The molecule has 4 rings (SSSR count). The topological polar surface area (TPSA) is 60.6 Å². The Kier molecular flexibility index (Phi) is 4.58. The van der Waals surface area contributed by atoms with E-state index in [-0.39, 0.29) is 11.7 Å². The van der Waals surface area contributed by atoms with Crippen molar-refractivity contribution in [3.63, 3.8) is 0 Å². The third-order valence-electron chi connectivity index (χ3n) is 5.23. The lowest BCUT2D eigenvalue weighted by molar-refractivity contribution is -0.200. The molecule has 2 aliphatic rings. The van der Waals surface area contributed by atoms with Crippen LogP contribution < -0.4 is 0 Å². The number of likely N-dealkylation sites (tertiary alicyclic amines) is 1. The molecule has 134 valence electrons. The fourth-order valence-electron chi connectivity index (χ4n) is 3.86. The molecule has 0 N–H and O–H groups in total. The first kappa shape index (κ1) is 16.7. The van der Waals surface area contributed by atoms with E-state index in [1.807, 2.05) is 38.2 Å². The smallest absolute Gasteiger partial charge is 0.138 e. The number of hydrogen-bond donors (Lipinski definition) is 0. The molecule has 0 amide bonds. The van der Waals surface area contributed by atoms with Gasteiger partial charge in [-0.1, -0.05) is 11.2 Å². The number of pyridine rings is 1. The minimum atomic E-state index is -0.0496. The van der Waals surface area contributed by atoms with Gasteiger partial charge >= 0.3 is 0 Å². The Bertz CT molecular complexity index is 690. The number of hydrogen-bond acceptors (Lipinski definition) is 6. The monoisotopic (exact) mass is 343 g/mol. The van der Waals surface area contributed by atoms with Crippen molar-refractivity contribution in [2.24, 2.45) is 0 Å². The predicted molar refractivity (Wildman–Crippen MR) is 92.0 cm³/mol. The van der Waals surface area contributed by atoms with E-state index in [2.05, 4.69) is 15.0 Å². The lowest BCUT2D eigenvalue weighted by Gasteiger charge is -2.53. The zero-order valence-corrected chi connectivity index (χ0v) is 14.9. The SMILES string of the molecule is Cc1noc(C)c1CN1CC2(CC(OCc3ccccn3)CCO2)C1. The van der Waals surface area contributed by atoms with E-state index >= 15 is 0 Å². The lowest BCUT2D eigenvalue weighted by Crippen LogP contribution is -2.65. The molecule has 1 unspecified atom stereocenters. The van der Waals surface area contributed by atoms with Crippen molar-refractivity contribution < 1.29 is 14.0 Å². The number of nitrogens with zero attached hydrogens (tertiary/aromatic N) is 3. The Labute approximate surface area is 148 Å². The van der Waals surface area contributed by atoms with E-state index in [0.717, 1.165) is 56.2 Å². The van der Waals surface area contributed by atoms with Crippen LogP contribution in [0.15, 0.2) is 28.9 Å². The minimum Gasteiger partial charge on any atom is -0.372 e. The van der Waals surface area contributed by atoms with Crippen molar-refractivity contribution in [3.8, 4) is 0 Å². The zero-order valence-electron chi connectivity index (χ0n) is 14.9. The average Bonchev–Trinajstić information content (AvgIpc) is 2.92. The zero-order chi connectivity index (χ0) is 17.3. The maximum atomic E-state index is 6.12. The Morgan fingerprint density at radius 1 is 1.32 bits per heavy atom. The summed E-state index contributed by atoms with van der Waals surface area (Å²) in [6.07, 6.45) is 3.97. The Hall–Kier alpha value is -1.76. The van der Waals surface area contributed by atoms with Crippen LogP contribution in [0.3, 0.4) is 0 Å². The molecule has 1 spiro atoms. The highest BCUT2D eigenvalue weighted by molar-refractivity contribution is 5.21. The molecule has 0 saturated carbocycles. The van der Waals surface area contributed by atoms with E-state index in [4.69, 9.17) is 14.0 Å². The third kappa shape index (κ3) is 3.61. The fraction of sp³-hybridized carbons (Fsp3) is 0.579. The first-order valence-corrected chi connectivity index (χ1v) is 8.93. The summed E-state index contributed by atoms with van der Waals surface area (Å²) in [6.45, 7) is 8.09. The van der Waals surface area contributed by atoms with Crippen LogP contribution in [0, 0.1) is 13.8 Å². The van der Waals surface area contributed by atoms with Crippen LogP contribution in [0.1, 0.15) is 35.6 Å². The van der Waals surface area contributed by atoms with Crippen LogP contribution in [0.2, 0.25) is 0 Å². The van der Waals surface area contributed by atoms with Crippen LogP contribution in [0.4, 0.5) is 0 Å². The van der Waals surface area contributed by atoms with Crippen molar-refractivity contribution in [1.29, 1.82) is 0 Å². The van der Waals surface area contributed by atoms with E-state index < -0.39 is 0 Å². The molecule has 0 aromatic carbocycles. The largest absolute Gasteiger partial charge is 0.372 e. The van der Waals surface area contributed by atoms with Gasteiger partial charge in [-0.15, -0.1) is 0 Å².